The molecule has 2 rings (SSSR count). The van der Waals surface area contributed by atoms with Crippen molar-refractivity contribution in [3.63, 3.8) is 0 Å². The van der Waals surface area contributed by atoms with Gasteiger partial charge in [0.15, 0.2) is 5.03 Å². The number of halogens is 1. The number of nitrogens with zero attached hydrogens (tertiary/aromatic N) is 2. The number of sulfonamides is 1. The minimum atomic E-state index is -3.64. The van der Waals surface area contributed by atoms with Crippen molar-refractivity contribution in [3.05, 3.63) is 41.0 Å². The van der Waals surface area contributed by atoms with Crippen molar-refractivity contribution in [2.45, 2.75) is 31.8 Å². The van der Waals surface area contributed by atoms with Crippen molar-refractivity contribution in [1.82, 2.24) is 14.5 Å². The van der Waals surface area contributed by atoms with E-state index < -0.39 is 10.0 Å². The van der Waals surface area contributed by atoms with E-state index in [-0.39, 0.29) is 11.1 Å². The Hall–Kier alpha value is -1.37. The van der Waals surface area contributed by atoms with Crippen LogP contribution in [0.5, 0.6) is 0 Å². The molecule has 5 nitrogen and oxygen atoms in total. The predicted molar refractivity (Wildman–Crippen MR) is 78.8 cm³/mol. The Bertz CT molecular complexity index is 703. The van der Waals surface area contributed by atoms with Gasteiger partial charge in [0.05, 0.1) is 16.9 Å². The molecule has 0 saturated heterocycles. The Morgan fingerprint density at radius 3 is 2.60 bits per heavy atom. The lowest BCUT2D eigenvalue weighted by Gasteiger charge is -2.14. The Kier molecular flexibility index (Phi) is 4.17. The van der Waals surface area contributed by atoms with Crippen LogP contribution in [-0.2, 0) is 10.0 Å². The standard InChI is InChI=1S/C13H16ClN3O2S/c1-9(2)16-20(18,19)12-7-8-15-17(12)13-10(3)5-4-6-11(13)14/h4-9,16H,1-3H3. The molecule has 0 atom stereocenters. The van der Waals surface area contributed by atoms with E-state index in [0.29, 0.717) is 10.7 Å². The molecule has 7 heteroatoms. The summed E-state index contributed by atoms with van der Waals surface area (Å²) in [7, 11) is -3.64. The van der Waals surface area contributed by atoms with Gasteiger partial charge in [-0.25, -0.2) is 17.8 Å². The van der Waals surface area contributed by atoms with Crippen molar-refractivity contribution in [3.8, 4) is 5.69 Å². The van der Waals surface area contributed by atoms with Crippen LogP contribution in [0.3, 0.4) is 0 Å². The summed E-state index contributed by atoms with van der Waals surface area (Å²) in [6.45, 7) is 5.38. The first kappa shape index (κ1) is 15.0. The molecule has 1 aromatic carbocycles. The molecule has 1 N–H and O–H groups in total. The number of aryl methyl sites for hydroxylation is 1. The minimum absolute atomic E-state index is 0.0717. The highest BCUT2D eigenvalue weighted by molar-refractivity contribution is 7.89. The summed E-state index contributed by atoms with van der Waals surface area (Å²) in [5.41, 5.74) is 1.42. The zero-order valence-corrected chi connectivity index (χ0v) is 13.0. The van der Waals surface area contributed by atoms with Crippen LogP contribution >= 0.6 is 11.6 Å². The normalized spacial score (nSPS) is 12.1. The molecule has 20 heavy (non-hydrogen) atoms. The molecule has 0 amide bonds. The molecule has 1 aromatic heterocycles. The first-order chi connectivity index (χ1) is 9.33. The number of hydrogen-bond acceptors (Lipinski definition) is 3. The van der Waals surface area contributed by atoms with Gasteiger partial charge in [0.25, 0.3) is 10.0 Å². The Balaban J connectivity index is 2.60. The van der Waals surface area contributed by atoms with E-state index in [1.54, 1.807) is 19.9 Å². The smallest absolute Gasteiger partial charge is 0.219 e. The van der Waals surface area contributed by atoms with Crippen molar-refractivity contribution in [2.24, 2.45) is 0 Å². The molecule has 108 valence electrons. The average molecular weight is 314 g/mol. The molecule has 0 unspecified atom stereocenters. The molecule has 2 aromatic rings. The highest BCUT2D eigenvalue weighted by Crippen LogP contribution is 2.26. The fourth-order valence-corrected chi connectivity index (χ4v) is 3.57. The maximum atomic E-state index is 12.3. The van der Waals surface area contributed by atoms with E-state index >= 15 is 0 Å². The van der Waals surface area contributed by atoms with Crippen LogP contribution in [0.4, 0.5) is 0 Å². The Labute approximate surface area is 123 Å². The van der Waals surface area contributed by atoms with Gasteiger partial charge in [-0.3, -0.25) is 0 Å². The second-order valence-corrected chi connectivity index (χ2v) is 6.83. The molecule has 1 heterocycles. The van der Waals surface area contributed by atoms with E-state index in [9.17, 15) is 8.42 Å². The van der Waals surface area contributed by atoms with Gasteiger partial charge >= 0.3 is 0 Å². The molecule has 0 radical (unpaired) electrons. The van der Waals surface area contributed by atoms with Crippen LogP contribution in [-0.4, -0.2) is 24.2 Å². The molecule has 0 aliphatic carbocycles. The highest BCUT2D eigenvalue weighted by atomic mass is 35.5. The zero-order chi connectivity index (χ0) is 14.9. The zero-order valence-electron chi connectivity index (χ0n) is 11.5. The van der Waals surface area contributed by atoms with Gasteiger partial charge in [0.2, 0.25) is 0 Å². The third kappa shape index (κ3) is 2.87. The van der Waals surface area contributed by atoms with Crippen LogP contribution in [0.2, 0.25) is 5.02 Å². The van der Waals surface area contributed by atoms with Gasteiger partial charge in [0, 0.05) is 6.04 Å². The van der Waals surface area contributed by atoms with Gasteiger partial charge in [-0.05, 0) is 38.5 Å². The third-order valence-electron chi connectivity index (χ3n) is 2.67. The van der Waals surface area contributed by atoms with Crippen LogP contribution < -0.4 is 4.72 Å². The molecular weight excluding hydrogens is 298 g/mol. The van der Waals surface area contributed by atoms with Gasteiger partial charge < -0.3 is 0 Å². The number of hydrogen-bond donors (Lipinski definition) is 1. The lowest BCUT2D eigenvalue weighted by atomic mass is 10.2. The number of nitrogens with one attached hydrogen (secondary N) is 1. The summed E-state index contributed by atoms with van der Waals surface area (Å²) in [6, 6.07) is 6.63. The molecule has 0 saturated carbocycles. The van der Waals surface area contributed by atoms with Gasteiger partial charge in [-0.15, -0.1) is 0 Å². The van der Waals surface area contributed by atoms with E-state index in [1.165, 1.54) is 16.9 Å². The third-order valence-corrected chi connectivity index (χ3v) is 4.62. The van der Waals surface area contributed by atoms with Crippen LogP contribution in [0.25, 0.3) is 5.69 Å². The quantitative estimate of drug-likeness (QED) is 0.943. The number of para-hydroxylation sites is 1. The molecule has 0 bridgehead atoms. The van der Waals surface area contributed by atoms with E-state index in [0.717, 1.165) is 5.56 Å². The summed E-state index contributed by atoms with van der Waals surface area (Å²) in [6.07, 6.45) is 1.44. The molecule has 0 aliphatic rings. The lowest BCUT2D eigenvalue weighted by molar-refractivity contribution is 0.560. The molecule has 0 aliphatic heterocycles. The van der Waals surface area contributed by atoms with E-state index in [1.807, 2.05) is 19.1 Å². The van der Waals surface area contributed by atoms with E-state index in [4.69, 9.17) is 11.6 Å². The summed E-state index contributed by atoms with van der Waals surface area (Å²) in [5.74, 6) is 0. The van der Waals surface area contributed by atoms with Crippen molar-refractivity contribution >= 4 is 21.6 Å². The summed E-state index contributed by atoms with van der Waals surface area (Å²) < 4.78 is 28.5. The molecular formula is C13H16ClN3O2S. The highest BCUT2D eigenvalue weighted by Gasteiger charge is 2.22. The molecule has 0 fully saturated rings. The fourth-order valence-electron chi connectivity index (χ4n) is 1.92. The summed E-state index contributed by atoms with van der Waals surface area (Å²) in [4.78, 5) is 0. The minimum Gasteiger partial charge on any atom is -0.219 e. The van der Waals surface area contributed by atoms with Crippen LogP contribution in [0.15, 0.2) is 35.5 Å². The SMILES string of the molecule is Cc1cccc(Cl)c1-n1nccc1S(=O)(=O)NC(C)C. The van der Waals surface area contributed by atoms with Crippen molar-refractivity contribution in [1.29, 1.82) is 0 Å². The van der Waals surface area contributed by atoms with E-state index in [2.05, 4.69) is 9.82 Å². The molecule has 0 spiro atoms. The lowest BCUT2D eigenvalue weighted by Crippen LogP contribution is -2.31. The summed E-state index contributed by atoms with van der Waals surface area (Å²) >= 11 is 6.17. The fraction of sp³-hybridized carbons (Fsp3) is 0.308. The van der Waals surface area contributed by atoms with Crippen molar-refractivity contribution < 1.29 is 8.42 Å². The predicted octanol–water partition coefficient (Wildman–Crippen LogP) is 2.52. The number of benzene rings is 1. The number of aromatic nitrogens is 2. The second kappa shape index (κ2) is 5.55. The Morgan fingerprint density at radius 2 is 2.00 bits per heavy atom. The van der Waals surface area contributed by atoms with Gasteiger partial charge in [-0.2, -0.15) is 5.10 Å². The Morgan fingerprint density at radius 1 is 1.30 bits per heavy atom. The first-order valence-corrected chi connectivity index (χ1v) is 8.01. The maximum absolute atomic E-state index is 12.3. The van der Waals surface area contributed by atoms with Gasteiger partial charge in [-0.1, -0.05) is 23.7 Å². The topological polar surface area (TPSA) is 64.0 Å². The maximum Gasteiger partial charge on any atom is 0.258 e. The van der Waals surface area contributed by atoms with Gasteiger partial charge in [0.1, 0.15) is 0 Å². The second-order valence-electron chi connectivity index (χ2n) is 4.76. The van der Waals surface area contributed by atoms with Crippen LogP contribution in [0, 0.1) is 6.92 Å². The van der Waals surface area contributed by atoms with Crippen LogP contribution in [0.1, 0.15) is 19.4 Å². The first-order valence-electron chi connectivity index (χ1n) is 6.15. The summed E-state index contributed by atoms with van der Waals surface area (Å²) in [5, 5.41) is 4.62. The van der Waals surface area contributed by atoms with Crippen molar-refractivity contribution in [2.75, 3.05) is 0 Å². The largest absolute Gasteiger partial charge is 0.258 e. The monoisotopic (exact) mass is 313 g/mol. The average Bonchev–Trinajstić information content (AvgIpc) is 2.76. The number of rotatable bonds is 4.